The molecule has 4 rings (SSSR count). The monoisotopic (exact) mass is 334 g/mol. The fourth-order valence-electron chi connectivity index (χ4n) is 5.75. The molecule has 25 heavy (non-hydrogen) atoms. The van der Waals surface area contributed by atoms with Gasteiger partial charge in [0.2, 0.25) is 0 Å². The third-order valence-electron chi connectivity index (χ3n) is 6.95. The van der Waals surface area contributed by atoms with Crippen molar-refractivity contribution in [2.45, 2.75) is 63.7 Å². The van der Waals surface area contributed by atoms with E-state index in [0.29, 0.717) is 12.2 Å². The Bertz CT molecular complexity index is 713. The summed E-state index contributed by atoms with van der Waals surface area (Å²) in [6, 6.07) is 8.31. The topological polar surface area (TPSA) is 17.1 Å². The van der Waals surface area contributed by atoms with Crippen LogP contribution in [-0.4, -0.2) is 5.78 Å². The maximum atomic E-state index is 12.5. The summed E-state index contributed by atoms with van der Waals surface area (Å²) >= 11 is 0. The Balaban J connectivity index is 1.44. The van der Waals surface area contributed by atoms with Gasteiger partial charge in [-0.05, 0) is 61.8 Å². The summed E-state index contributed by atoms with van der Waals surface area (Å²) in [5.74, 6) is 2.81. The summed E-state index contributed by atoms with van der Waals surface area (Å²) in [4.78, 5) is 12.5. The molecule has 1 nitrogen and oxygen atoms in total. The molecule has 132 valence electrons. The van der Waals surface area contributed by atoms with Crippen LogP contribution in [-0.2, 0) is 5.41 Å². The van der Waals surface area contributed by atoms with Crippen LogP contribution < -0.4 is 0 Å². The molecular weight excluding hydrogens is 304 g/mol. The van der Waals surface area contributed by atoms with Gasteiger partial charge in [0.15, 0.2) is 5.78 Å². The summed E-state index contributed by atoms with van der Waals surface area (Å²) in [5.41, 5.74) is 3.73. The average Bonchev–Trinajstić information content (AvgIpc) is 3.29. The van der Waals surface area contributed by atoms with Crippen molar-refractivity contribution in [1.82, 2.24) is 0 Å². The van der Waals surface area contributed by atoms with E-state index in [2.05, 4.69) is 37.8 Å². The molecule has 0 aromatic heterocycles. The second-order valence-corrected chi connectivity index (χ2v) is 8.67. The number of fused-ring (bicyclic) bond motifs is 3. The van der Waals surface area contributed by atoms with Crippen molar-refractivity contribution in [3.05, 3.63) is 59.7 Å². The van der Waals surface area contributed by atoms with E-state index in [0.717, 1.165) is 49.0 Å². The minimum atomic E-state index is 0.0555. The average molecular weight is 335 g/mol. The third-order valence-corrected chi connectivity index (χ3v) is 6.95. The Morgan fingerprint density at radius 1 is 1.20 bits per heavy atom. The van der Waals surface area contributed by atoms with Crippen LogP contribution in [0.3, 0.4) is 0 Å². The van der Waals surface area contributed by atoms with E-state index in [9.17, 15) is 4.79 Å². The van der Waals surface area contributed by atoms with E-state index in [4.69, 9.17) is 0 Å². The molecule has 1 fully saturated rings. The maximum absolute atomic E-state index is 12.5. The second kappa shape index (κ2) is 6.59. The fraction of sp³-hybridized carbons (Fsp3) is 0.542. The molecule has 4 atom stereocenters. The van der Waals surface area contributed by atoms with Gasteiger partial charge in [-0.2, -0.15) is 0 Å². The smallest absolute Gasteiger partial charge is 0.164 e. The van der Waals surface area contributed by atoms with Crippen molar-refractivity contribution in [3.63, 3.8) is 0 Å². The minimum Gasteiger partial charge on any atom is -0.294 e. The SMILES string of the molecule is C=C(CCC1(CCC)CC(=O)c2ccccc21)C[C@@H]1CC2C=CC1C2. The van der Waals surface area contributed by atoms with E-state index in [1.54, 1.807) is 0 Å². The van der Waals surface area contributed by atoms with E-state index in [1.165, 1.54) is 30.4 Å². The zero-order valence-corrected chi connectivity index (χ0v) is 15.5. The van der Waals surface area contributed by atoms with Crippen LogP contribution in [0.4, 0.5) is 0 Å². The molecule has 3 aliphatic carbocycles. The first-order valence-corrected chi connectivity index (χ1v) is 10.1. The lowest BCUT2D eigenvalue weighted by Crippen LogP contribution is -2.24. The Hall–Kier alpha value is -1.63. The molecule has 0 N–H and O–H groups in total. The number of Topliss-reactive ketones (excluding diaryl/α,β-unsaturated/α-hetero) is 1. The lowest BCUT2D eigenvalue weighted by Gasteiger charge is -2.30. The molecule has 3 unspecified atom stereocenters. The summed E-state index contributed by atoms with van der Waals surface area (Å²) in [5, 5.41) is 0. The van der Waals surface area contributed by atoms with E-state index < -0.39 is 0 Å². The highest BCUT2D eigenvalue weighted by atomic mass is 16.1. The number of benzene rings is 1. The van der Waals surface area contributed by atoms with E-state index in [-0.39, 0.29) is 5.41 Å². The lowest BCUT2D eigenvalue weighted by atomic mass is 9.73. The zero-order chi connectivity index (χ0) is 17.4. The van der Waals surface area contributed by atoms with Crippen molar-refractivity contribution in [3.8, 4) is 0 Å². The number of hydrogen-bond acceptors (Lipinski definition) is 1. The van der Waals surface area contributed by atoms with E-state index >= 15 is 0 Å². The molecule has 0 amide bonds. The number of hydrogen-bond donors (Lipinski definition) is 0. The molecule has 1 aromatic rings. The molecule has 3 aliphatic rings. The molecule has 2 bridgehead atoms. The van der Waals surface area contributed by atoms with Gasteiger partial charge in [0, 0.05) is 17.4 Å². The zero-order valence-electron chi connectivity index (χ0n) is 15.5. The summed E-state index contributed by atoms with van der Waals surface area (Å²) in [7, 11) is 0. The number of allylic oxidation sites excluding steroid dienone is 3. The molecule has 0 radical (unpaired) electrons. The summed E-state index contributed by atoms with van der Waals surface area (Å²) in [6.07, 6.45) is 13.9. The van der Waals surface area contributed by atoms with Crippen LogP contribution in [0, 0.1) is 17.8 Å². The van der Waals surface area contributed by atoms with Crippen molar-refractivity contribution in [2.75, 3.05) is 0 Å². The first-order valence-electron chi connectivity index (χ1n) is 10.1. The Morgan fingerprint density at radius 2 is 2.04 bits per heavy atom. The van der Waals surface area contributed by atoms with Crippen molar-refractivity contribution in [2.24, 2.45) is 17.8 Å². The van der Waals surface area contributed by atoms with Gasteiger partial charge in [0.25, 0.3) is 0 Å². The summed E-state index contributed by atoms with van der Waals surface area (Å²) < 4.78 is 0. The van der Waals surface area contributed by atoms with Crippen molar-refractivity contribution in [1.29, 1.82) is 0 Å². The summed E-state index contributed by atoms with van der Waals surface area (Å²) in [6.45, 7) is 6.66. The molecular formula is C24H30O. The van der Waals surface area contributed by atoms with Crippen LogP contribution in [0.15, 0.2) is 48.6 Å². The molecule has 0 aliphatic heterocycles. The number of rotatable bonds is 7. The van der Waals surface area contributed by atoms with Crippen LogP contribution in [0.25, 0.3) is 0 Å². The van der Waals surface area contributed by atoms with Gasteiger partial charge in [-0.25, -0.2) is 0 Å². The first-order chi connectivity index (χ1) is 12.1. The minimum absolute atomic E-state index is 0.0555. The second-order valence-electron chi connectivity index (χ2n) is 8.67. The standard InChI is InChI=1S/C24H30O/c1-3-11-24(16-23(25)21-6-4-5-7-22(21)24)12-10-17(2)13-20-15-18-8-9-19(20)14-18/h4-9,18-20H,2-3,10-16H2,1H3/t18?,19?,20-,24?/m1/s1. The van der Waals surface area contributed by atoms with Gasteiger partial charge in [-0.15, -0.1) is 0 Å². The van der Waals surface area contributed by atoms with Gasteiger partial charge in [0.05, 0.1) is 0 Å². The van der Waals surface area contributed by atoms with Gasteiger partial charge in [0.1, 0.15) is 0 Å². The number of ketones is 1. The largest absolute Gasteiger partial charge is 0.294 e. The quantitative estimate of drug-likeness (QED) is 0.539. The van der Waals surface area contributed by atoms with Crippen LogP contribution in [0.2, 0.25) is 0 Å². The molecule has 0 heterocycles. The van der Waals surface area contributed by atoms with Gasteiger partial charge in [-0.3, -0.25) is 4.79 Å². The van der Waals surface area contributed by atoms with E-state index in [1.807, 2.05) is 12.1 Å². The van der Waals surface area contributed by atoms with Crippen LogP contribution in [0.1, 0.15) is 74.2 Å². The Kier molecular flexibility index (Phi) is 4.43. The predicted molar refractivity (Wildman–Crippen MR) is 104 cm³/mol. The first kappa shape index (κ1) is 16.8. The highest BCUT2D eigenvalue weighted by molar-refractivity contribution is 6.02. The number of carbonyl (C=O) groups excluding carboxylic acids is 1. The molecule has 0 spiro atoms. The van der Waals surface area contributed by atoms with Gasteiger partial charge in [-0.1, -0.05) is 61.9 Å². The predicted octanol–water partition coefficient (Wildman–Crippen LogP) is 6.25. The molecule has 1 aromatic carbocycles. The third kappa shape index (κ3) is 3.03. The highest BCUT2D eigenvalue weighted by Crippen LogP contribution is 2.48. The Morgan fingerprint density at radius 3 is 2.76 bits per heavy atom. The Labute approximate surface area is 152 Å². The fourth-order valence-corrected chi connectivity index (χ4v) is 5.75. The lowest BCUT2D eigenvalue weighted by molar-refractivity contribution is 0.0968. The van der Waals surface area contributed by atoms with Crippen molar-refractivity contribution < 1.29 is 4.79 Å². The molecule has 1 heteroatoms. The molecule has 1 saturated carbocycles. The maximum Gasteiger partial charge on any atom is 0.164 e. The normalized spacial score (nSPS) is 32.4. The van der Waals surface area contributed by atoms with Gasteiger partial charge >= 0.3 is 0 Å². The molecule has 0 saturated heterocycles. The van der Waals surface area contributed by atoms with Crippen LogP contribution in [0.5, 0.6) is 0 Å². The van der Waals surface area contributed by atoms with Gasteiger partial charge < -0.3 is 0 Å². The highest BCUT2D eigenvalue weighted by Gasteiger charge is 2.42. The van der Waals surface area contributed by atoms with Crippen LogP contribution >= 0.6 is 0 Å². The van der Waals surface area contributed by atoms with Crippen molar-refractivity contribution >= 4 is 5.78 Å². The number of carbonyl (C=O) groups is 1.